The normalized spacial score (nSPS) is 20.8. The second-order valence-electron chi connectivity index (χ2n) is 8.48. The third-order valence-corrected chi connectivity index (χ3v) is 7.45. The van der Waals surface area contributed by atoms with Gasteiger partial charge in [-0.2, -0.15) is 5.10 Å². The summed E-state index contributed by atoms with van der Waals surface area (Å²) in [6.07, 6.45) is 8.45. The molecule has 0 amide bonds. The number of hydrogen-bond acceptors (Lipinski definition) is 7. The number of aromatic nitrogens is 5. The van der Waals surface area contributed by atoms with Crippen molar-refractivity contribution in [3.8, 4) is 0 Å². The summed E-state index contributed by atoms with van der Waals surface area (Å²) in [5.74, 6) is 2.70. The van der Waals surface area contributed by atoms with Crippen molar-refractivity contribution in [2.24, 2.45) is 5.92 Å². The molecule has 5 heterocycles. The zero-order valence-corrected chi connectivity index (χ0v) is 18.2. The number of nitrogens with zero attached hydrogens (tertiary/aromatic N) is 7. The molecule has 0 saturated carbocycles. The van der Waals surface area contributed by atoms with Gasteiger partial charge in [0, 0.05) is 24.5 Å². The Hall–Kier alpha value is -2.06. The molecule has 3 aromatic heterocycles. The van der Waals surface area contributed by atoms with E-state index >= 15 is 0 Å². The maximum atomic E-state index is 5.14. The second-order valence-corrected chi connectivity index (χ2v) is 9.69. The van der Waals surface area contributed by atoms with E-state index in [1.807, 2.05) is 22.3 Å². The molecule has 0 radical (unpaired) electrons. The molecular weight excluding hydrogens is 382 g/mol. The predicted molar refractivity (Wildman–Crippen MR) is 116 cm³/mol. The molecule has 5 rings (SSSR count). The van der Waals surface area contributed by atoms with Crippen LogP contribution in [0.5, 0.6) is 0 Å². The highest BCUT2D eigenvalue weighted by molar-refractivity contribution is 7.18. The predicted octanol–water partition coefficient (Wildman–Crippen LogP) is 3.41. The van der Waals surface area contributed by atoms with Crippen molar-refractivity contribution in [1.82, 2.24) is 29.6 Å². The molecule has 1 atom stereocenters. The van der Waals surface area contributed by atoms with E-state index in [9.17, 15) is 0 Å². The number of fused-ring (bicyclic) bond motifs is 1. The highest BCUT2D eigenvalue weighted by Crippen LogP contribution is 2.36. The van der Waals surface area contributed by atoms with E-state index in [-0.39, 0.29) is 0 Å². The van der Waals surface area contributed by atoms with Crippen LogP contribution in [-0.4, -0.2) is 55.8 Å². The SMILES string of the molecule is Cc1sc2nc(CN3CCCC3)nc(N3CCCC(Cn4cncn4)C3)c2c1C. The molecule has 2 saturated heterocycles. The first-order chi connectivity index (χ1) is 14.2. The lowest BCUT2D eigenvalue weighted by molar-refractivity contribution is 0.322. The standard InChI is InChI=1S/C21H29N7S/c1-15-16(2)29-21-19(15)20(24-18(25-21)12-26-7-3-4-8-26)27-9-5-6-17(10-27)11-28-14-22-13-23-28/h13-14,17H,3-12H2,1-2H3. The van der Waals surface area contributed by atoms with Gasteiger partial charge >= 0.3 is 0 Å². The first-order valence-corrected chi connectivity index (χ1v) is 11.6. The van der Waals surface area contributed by atoms with Gasteiger partial charge in [0.2, 0.25) is 0 Å². The Morgan fingerprint density at radius 2 is 1.97 bits per heavy atom. The van der Waals surface area contributed by atoms with Gasteiger partial charge in [-0.1, -0.05) is 0 Å². The number of thiophene rings is 1. The monoisotopic (exact) mass is 411 g/mol. The lowest BCUT2D eigenvalue weighted by atomic mass is 9.97. The largest absolute Gasteiger partial charge is 0.356 e. The molecule has 0 spiro atoms. The van der Waals surface area contributed by atoms with Gasteiger partial charge in [0.15, 0.2) is 0 Å². The van der Waals surface area contributed by atoms with Gasteiger partial charge in [-0.05, 0) is 64.1 Å². The van der Waals surface area contributed by atoms with Gasteiger partial charge in [-0.15, -0.1) is 11.3 Å². The van der Waals surface area contributed by atoms with Crippen molar-refractivity contribution in [3.63, 3.8) is 0 Å². The Balaban J connectivity index is 1.46. The van der Waals surface area contributed by atoms with Gasteiger partial charge < -0.3 is 4.90 Å². The average molecular weight is 412 g/mol. The van der Waals surface area contributed by atoms with Gasteiger partial charge in [-0.25, -0.2) is 15.0 Å². The molecule has 0 bridgehead atoms. The smallest absolute Gasteiger partial charge is 0.146 e. The number of aryl methyl sites for hydroxylation is 2. The van der Waals surface area contributed by atoms with Crippen LogP contribution < -0.4 is 4.90 Å². The Labute approximate surface area is 175 Å². The fourth-order valence-electron chi connectivity index (χ4n) is 4.71. The first-order valence-electron chi connectivity index (χ1n) is 10.7. The molecule has 0 aliphatic carbocycles. The van der Waals surface area contributed by atoms with Gasteiger partial charge in [0.25, 0.3) is 0 Å². The third-order valence-electron chi connectivity index (χ3n) is 6.35. The van der Waals surface area contributed by atoms with E-state index in [1.165, 1.54) is 54.6 Å². The lowest BCUT2D eigenvalue weighted by Gasteiger charge is -2.34. The van der Waals surface area contributed by atoms with E-state index in [1.54, 1.807) is 6.33 Å². The topological polar surface area (TPSA) is 63.0 Å². The maximum Gasteiger partial charge on any atom is 0.146 e. The van der Waals surface area contributed by atoms with Crippen molar-refractivity contribution in [1.29, 1.82) is 0 Å². The number of anilines is 1. The molecule has 1 unspecified atom stereocenters. The Morgan fingerprint density at radius 1 is 1.10 bits per heavy atom. The van der Waals surface area contributed by atoms with Crippen LogP contribution in [-0.2, 0) is 13.1 Å². The van der Waals surface area contributed by atoms with E-state index in [2.05, 4.69) is 33.7 Å². The second kappa shape index (κ2) is 7.99. The van der Waals surface area contributed by atoms with Crippen LogP contribution in [0.1, 0.15) is 41.9 Å². The summed E-state index contributed by atoms with van der Waals surface area (Å²) in [6, 6.07) is 0. The van der Waals surface area contributed by atoms with Gasteiger partial charge in [0.05, 0.1) is 11.9 Å². The highest BCUT2D eigenvalue weighted by atomic mass is 32.1. The third kappa shape index (κ3) is 3.88. The summed E-state index contributed by atoms with van der Waals surface area (Å²) in [5, 5.41) is 5.57. The van der Waals surface area contributed by atoms with Crippen molar-refractivity contribution < 1.29 is 0 Å². The van der Waals surface area contributed by atoms with Crippen LogP contribution in [0.25, 0.3) is 10.2 Å². The summed E-state index contributed by atoms with van der Waals surface area (Å²) in [6.45, 7) is 10.6. The van der Waals surface area contributed by atoms with Crippen molar-refractivity contribution in [3.05, 3.63) is 28.9 Å². The van der Waals surface area contributed by atoms with E-state index < -0.39 is 0 Å². The number of likely N-dealkylation sites (tertiary alicyclic amines) is 1. The zero-order valence-electron chi connectivity index (χ0n) is 17.3. The summed E-state index contributed by atoms with van der Waals surface area (Å²) < 4.78 is 1.96. The van der Waals surface area contributed by atoms with E-state index in [0.29, 0.717) is 5.92 Å². The molecule has 8 heteroatoms. The van der Waals surface area contributed by atoms with Crippen molar-refractivity contribution in [2.45, 2.75) is 52.6 Å². The summed E-state index contributed by atoms with van der Waals surface area (Å²) in [4.78, 5) is 21.7. The van der Waals surface area contributed by atoms with Crippen LogP contribution in [0.2, 0.25) is 0 Å². The van der Waals surface area contributed by atoms with Gasteiger partial charge in [-0.3, -0.25) is 9.58 Å². The average Bonchev–Trinajstić information content (AvgIpc) is 3.46. The molecule has 0 aromatic carbocycles. The van der Waals surface area contributed by atoms with Crippen LogP contribution >= 0.6 is 11.3 Å². The minimum Gasteiger partial charge on any atom is -0.356 e. The van der Waals surface area contributed by atoms with Crippen molar-refractivity contribution >= 4 is 27.4 Å². The molecule has 3 aromatic rings. The summed E-state index contributed by atoms with van der Waals surface area (Å²) >= 11 is 1.81. The Kier molecular flexibility index (Phi) is 5.22. The first kappa shape index (κ1) is 18.9. The molecule has 2 aliphatic heterocycles. The van der Waals surface area contributed by atoms with E-state index in [0.717, 1.165) is 42.7 Å². The Morgan fingerprint density at radius 3 is 2.76 bits per heavy atom. The number of hydrogen-bond donors (Lipinski definition) is 0. The minimum absolute atomic E-state index is 0.567. The summed E-state index contributed by atoms with van der Waals surface area (Å²) in [5.41, 5.74) is 1.34. The molecular formula is C21H29N7S. The molecule has 7 nitrogen and oxygen atoms in total. The number of piperidine rings is 1. The quantitative estimate of drug-likeness (QED) is 0.641. The lowest BCUT2D eigenvalue weighted by Crippen LogP contribution is -2.38. The van der Waals surface area contributed by atoms with Crippen LogP contribution in [0.3, 0.4) is 0 Å². The molecule has 29 heavy (non-hydrogen) atoms. The molecule has 154 valence electrons. The van der Waals surface area contributed by atoms with Crippen LogP contribution in [0, 0.1) is 19.8 Å². The molecule has 2 aliphatic rings. The minimum atomic E-state index is 0.567. The zero-order chi connectivity index (χ0) is 19.8. The van der Waals surface area contributed by atoms with E-state index in [4.69, 9.17) is 9.97 Å². The summed E-state index contributed by atoms with van der Waals surface area (Å²) in [7, 11) is 0. The fourth-order valence-corrected chi connectivity index (χ4v) is 5.75. The molecule has 2 fully saturated rings. The molecule has 0 N–H and O–H groups in total. The van der Waals surface area contributed by atoms with Gasteiger partial charge in [0.1, 0.15) is 29.1 Å². The van der Waals surface area contributed by atoms with Crippen molar-refractivity contribution in [2.75, 3.05) is 31.1 Å². The maximum absolute atomic E-state index is 5.14. The fraction of sp³-hybridized carbons (Fsp3) is 0.619. The highest BCUT2D eigenvalue weighted by Gasteiger charge is 2.26. The number of rotatable bonds is 5. The Bertz CT molecular complexity index is 975. The van der Waals surface area contributed by atoms with Crippen LogP contribution in [0.15, 0.2) is 12.7 Å². The van der Waals surface area contributed by atoms with Crippen LogP contribution in [0.4, 0.5) is 5.82 Å².